The normalized spacial score (nSPS) is 26.8. The highest BCUT2D eigenvalue weighted by atomic mass is 32.2. The Morgan fingerprint density at radius 2 is 2.04 bits per heavy atom. The molecule has 2 heterocycles. The molecule has 0 spiro atoms. The number of amidine groups is 1. The van der Waals surface area contributed by atoms with Gasteiger partial charge in [-0.15, -0.1) is 0 Å². The molecule has 0 unspecified atom stereocenters. The number of thioether (sulfide) groups is 1. The number of ether oxygens (including phenoxy) is 1. The second-order valence-corrected chi connectivity index (χ2v) is 9.59. The molecule has 3 rings (SSSR count). The lowest BCUT2D eigenvalue weighted by Gasteiger charge is -2.26. The summed E-state index contributed by atoms with van der Waals surface area (Å²) in [5.41, 5.74) is 0.743. The molecule has 1 aromatic carbocycles. The van der Waals surface area contributed by atoms with E-state index in [0.29, 0.717) is 10.9 Å². The minimum absolute atomic E-state index is 0.0671. The van der Waals surface area contributed by atoms with Crippen LogP contribution in [0.2, 0.25) is 0 Å². The van der Waals surface area contributed by atoms with E-state index in [2.05, 4.69) is 4.99 Å². The Morgan fingerprint density at radius 3 is 2.71 bits per heavy atom. The number of hydrogen-bond acceptors (Lipinski definition) is 5. The smallest absolute Gasteiger partial charge is 0.250 e. The summed E-state index contributed by atoms with van der Waals surface area (Å²) >= 11 is 1.37. The number of carbonyl (C=O) groups excluding carboxylic acids is 1. The topological polar surface area (TPSA) is 76.0 Å². The molecule has 2 aliphatic heterocycles. The summed E-state index contributed by atoms with van der Waals surface area (Å²) in [7, 11) is -1.51. The van der Waals surface area contributed by atoms with E-state index in [1.54, 1.807) is 21.0 Å². The van der Waals surface area contributed by atoms with E-state index in [0.717, 1.165) is 5.69 Å². The van der Waals surface area contributed by atoms with Crippen LogP contribution in [0.4, 0.5) is 5.69 Å². The highest BCUT2D eigenvalue weighted by molar-refractivity contribution is 8.16. The highest BCUT2D eigenvalue weighted by Crippen LogP contribution is 2.43. The van der Waals surface area contributed by atoms with Crippen molar-refractivity contribution in [3.63, 3.8) is 0 Å². The number of rotatable bonds is 3. The third kappa shape index (κ3) is 3.17. The van der Waals surface area contributed by atoms with Gasteiger partial charge in [0.25, 0.3) is 5.91 Å². The largest absolute Gasteiger partial charge is 0.495 e. The number of amides is 1. The molecule has 1 amide bonds. The molecule has 24 heavy (non-hydrogen) atoms. The van der Waals surface area contributed by atoms with E-state index in [9.17, 15) is 13.2 Å². The van der Waals surface area contributed by atoms with Gasteiger partial charge in [-0.1, -0.05) is 37.7 Å². The molecule has 0 aromatic heterocycles. The van der Waals surface area contributed by atoms with Crippen molar-refractivity contribution in [2.75, 3.05) is 23.5 Å². The van der Waals surface area contributed by atoms with Crippen LogP contribution in [0.15, 0.2) is 29.3 Å². The Bertz CT molecular complexity index is 789. The Balaban J connectivity index is 2.06. The Hall–Kier alpha value is -1.54. The average molecular weight is 368 g/mol. The second kappa shape index (κ2) is 6.40. The van der Waals surface area contributed by atoms with Crippen molar-refractivity contribution in [2.45, 2.75) is 25.1 Å². The Morgan fingerprint density at radius 1 is 1.33 bits per heavy atom. The van der Waals surface area contributed by atoms with Gasteiger partial charge >= 0.3 is 0 Å². The van der Waals surface area contributed by atoms with Crippen LogP contribution in [-0.2, 0) is 14.6 Å². The molecule has 130 valence electrons. The van der Waals surface area contributed by atoms with Crippen LogP contribution in [0.3, 0.4) is 0 Å². The summed E-state index contributed by atoms with van der Waals surface area (Å²) in [6.07, 6.45) is 0. The molecule has 8 heteroatoms. The van der Waals surface area contributed by atoms with Gasteiger partial charge in [-0.3, -0.25) is 4.79 Å². The van der Waals surface area contributed by atoms with Crippen LogP contribution in [0.25, 0.3) is 0 Å². The van der Waals surface area contributed by atoms with E-state index in [1.807, 2.05) is 29.2 Å². The summed E-state index contributed by atoms with van der Waals surface area (Å²) in [5, 5.41) is 0.446. The lowest BCUT2D eigenvalue weighted by Crippen LogP contribution is -2.38. The van der Waals surface area contributed by atoms with Crippen LogP contribution in [0, 0.1) is 5.92 Å². The van der Waals surface area contributed by atoms with Gasteiger partial charge in [0.2, 0.25) is 0 Å². The van der Waals surface area contributed by atoms with E-state index in [-0.39, 0.29) is 34.6 Å². The fraction of sp³-hybridized carbons (Fsp3) is 0.500. The number of fused-ring (bicyclic) bond motifs is 1. The molecule has 0 N–H and O–H groups in total. The number of carbonyl (C=O) groups is 1. The zero-order chi connectivity index (χ0) is 17.5. The van der Waals surface area contributed by atoms with Crippen LogP contribution in [-0.4, -0.2) is 49.4 Å². The third-order valence-electron chi connectivity index (χ3n) is 4.11. The van der Waals surface area contributed by atoms with Crippen molar-refractivity contribution in [3.8, 4) is 5.75 Å². The number of benzene rings is 1. The van der Waals surface area contributed by atoms with Crippen molar-refractivity contribution in [2.24, 2.45) is 10.9 Å². The van der Waals surface area contributed by atoms with Crippen LogP contribution >= 0.6 is 11.8 Å². The van der Waals surface area contributed by atoms with Crippen molar-refractivity contribution in [1.29, 1.82) is 0 Å². The van der Waals surface area contributed by atoms with Crippen LogP contribution in [0.5, 0.6) is 5.75 Å². The molecule has 0 saturated carbocycles. The number of para-hydroxylation sites is 2. The van der Waals surface area contributed by atoms with Crippen LogP contribution < -0.4 is 9.64 Å². The maximum absolute atomic E-state index is 12.1. The lowest BCUT2D eigenvalue weighted by atomic mass is 10.2. The predicted octanol–water partition coefficient (Wildman–Crippen LogP) is 1.95. The molecule has 2 atom stereocenters. The molecule has 2 fully saturated rings. The number of hydrogen-bond donors (Lipinski definition) is 0. The van der Waals surface area contributed by atoms with Crippen molar-refractivity contribution < 1.29 is 17.9 Å². The van der Waals surface area contributed by atoms with Crippen molar-refractivity contribution in [3.05, 3.63) is 24.3 Å². The zero-order valence-corrected chi connectivity index (χ0v) is 15.4. The molecule has 0 radical (unpaired) electrons. The van der Waals surface area contributed by atoms with Gasteiger partial charge < -0.3 is 9.64 Å². The number of methoxy groups -OCH3 is 1. The van der Waals surface area contributed by atoms with Crippen molar-refractivity contribution >= 4 is 38.4 Å². The Kier molecular flexibility index (Phi) is 4.61. The van der Waals surface area contributed by atoms with Crippen LogP contribution in [0.1, 0.15) is 13.8 Å². The molecule has 2 aliphatic rings. The van der Waals surface area contributed by atoms with Gasteiger partial charge in [-0.05, 0) is 12.1 Å². The summed E-state index contributed by atoms with van der Waals surface area (Å²) in [5.74, 6) is 0.398. The average Bonchev–Trinajstić information content (AvgIpc) is 2.98. The van der Waals surface area contributed by atoms with Gasteiger partial charge in [0.1, 0.15) is 5.75 Å². The number of anilines is 1. The first-order valence-corrected chi connectivity index (χ1v) is 10.4. The standard InChI is InChI=1S/C16H20N2O4S2/c1-10(2)15(19)17-16-18(11-6-4-5-7-13(11)22-3)12-8-24(20,21)9-14(12)23-16/h4-7,10,12,14H,8-9H2,1-3H3/t12-,14-/m0/s1. The summed E-state index contributed by atoms with van der Waals surface area (Å²) in [6, 6.07) is 7.17. The maximum atomic E-state index is 12.1. The third-order valence-corrected chi connectivity index (χ3v) is 7.32. The molecule has 0 aliphatic carbocycles. The number of nitrogens with zero attached hydrogens (tertiary/aromatic N) is 2. The molecule has 0 bridgehead atoms. The summed E-state index contributed by atoms with van der Waals surface area (Å²) < 4.78 is 29.5. The molecular weight excluding hydrogens is 348 g/mol. The summed E-state index contributed by atoms with van der Waals surface area (Å²) in [4.78, 5) is 18.2. The van der Waals surface area contributed by atoms with Gasteiger partial charge in [0.05, 0.1) is 30.3 Å². The van der Waals surface area contributed by atoms with Gasteiger partial charge in [0, 0.05) is 11.2 Å². The Labute approximate surface area is 146 Å². The SMILES string of the molecule is COc1ccccc1N1C(=NC(=O)C(C)C)S[C@H]2CS(=O)(=O)C[C@@H]21. The maximum Gasteiger partial charge on any atom is 0.250 e. The van der Waals surface area contributed by atoms with E-state index in [1.165, 1.54) is 11.8 Å². The molecule has 2 saturated heterocycles. The van der Waals surface area contributed by atoms with Gasteiger partial charge in [-0.2, -0.15) is 4.99 Å². The zero-order valence-electron chi connectivity index (χ0n) is 13.8. The summed E-state index contributed by atoms with van der Waals surface area (Å²) in [6.45, 7) is 3.59. The molecular formula is C16H20N2O4S2. The minimum Gasteiger partial charge on any atom is -0.495 e. The van der Waals surface area contributed by atoms with Crippen molar-refractivity contribution in [1.82, 2.24) is 0 Å². The first-order valence-electron chi connectivity index (χ1n) is 7.74. The second-order valence-electron chi connectivity index (χ2n) is 6.23. The minimum atomic E-state index is -3.08. The lowest BCUT2D eigenvalue weighted by molar-refractivity contribution is -0.120. The first kappa shape index (κ1) is 17.3. The fourth-order valence-electron chi connectivity index (χ4n) is 2.90. The van der Waals surface area contributed by atoms with Gasteiger partial charge in [-0.25, -0.2) is 8.42 Å². The monoisotopic (exact) mass is 368 g/mol. The number of aliphatic imine (C=N–C) groups is 1. The number of sulfone groups is 1. The molecule has 1 aromatic rings. The molecule has 6 nitrogen and oxygen atoms in total. The fourth-order valence-corrected chi connectivity index (χ4v) is 6.81. The van der Waals surface area contributed by atoms with Gasteiger partial charge in [0.15, 0.2) is 15.0 Å². The first-order chi connectivity index (χ1) is 11.3. The van der Waals surface area contributed by atoms with E-state index in [4.69, 9.17) is 4.74 Å². The van der Waals surface area contributed by atoms with E-state index >= 15 is 0 Å². The highest BCUT2D eigenvalue weighted by Gasteiger charge is 2.50. The quantitative estimate of drug-likeness (QED) is 0.812. The predicted molar refractivity (Wildman–Crippen MR) is 96.6 cm³/mol. The van der Waals surface area contributed by atoms with E-state index < -0.39 is 9.84 Å².